The summed E-state index contributed by atoms with van der Waals surface area (Å²) in [5.74, 6) is 1.73. The smallest absolute Gasteiger partial charge is 0.133 e. The minimum absolute atomic E-state index is 0.276. The third-order valence-electron chi connectivity index (χ3n) is 4.01. The molecule has 1 atom stereocenters. The van der Waals surface area contributed by atoms with Gasteiger partial charge in [-0.1, -0.05) is 6.07 Å². The lowest BCUT2D eigenvalue weighted by atomic mass is 10.0. The van der Waals surface area contributed by atoms with Crippen LogP contribution >= 0.6 is 15.9 Å². The minimum atomic E-state index is 0.276. The summed E-state index contributed by atoms with van der Waals surface area (Å²) in [4.78, 5) is 2.53. The summed E-state index contributed by atoms with van der Waals surface area (Å²) in [7, 11) is 1.69. The molecule has 0 heterocycles. The molecule has 0 aliphatic heterocycles. The summed E-state index contributed by atoms with van der Waals surface area (Å²) in [5.41, 5.74) is 7.33. The quantitative estimate of drug-likeness (QED) is 0.824. The van der Waals surface area contributed by atoms with Crippen molar-refractivity contribution in [2.75, 3.05) is 20.2 Å². The zero-order valence-electron chi connectivity index (χ0n) is 12.6. The van der Waals surface area contributed by atoms with Crippen LogP contribution in [-0.2, 0) is 0 Å². The van der Waals surface area contributed by atoms with Crippen LogP contribution in [0.1, 0.15) is 38.3 Å². The predicted molar refractivity (Wildman–Crippen MR) is 87.1 cm³/mol. The van der Waals surface area contributed by atoms with Crippen LogP contribution in [0.2, 0.25) is 0 Å². The van der Waals surface area contributed by atoms with Crippen molar-refractivity contribution >= 4 is 15.9 Å². The number of nitrogens with zero attached hydrogens (tertiary/aromatic N) is 1. The monoisotopic (exact) mass is 340 g/mol. The van der Waals surface area contributed by atoms with Crippen molar-refractivity contribution in [3.8, 4) is 5.75 Å². The number of benzene rings is 1. The van der Waals surface area contributed by atoms with Gasteiger partial charge in [0.2, 0.25) is 0 Å². The Morgan fingerprint density at radius 2 is 2.10 bits per heavy atom. The molecule has 2 N–H and O–H groups in total. The average molecular weight is 341 g/mol. The SMILES string of the molecule is COc1ccc(C(CN)N(CC2CC2)C(C)C)cc1Br. The molecule has 0 spiro atoms. The van der Waals surface area contributed by atoms with E-state index in [1.54, 1.807) is 7.11 Å². The zero-order chi connectivity index (χ0) is 14.7. The summed E-state index contributed by atoms with van der Waals surface area (Å²) >= 11 is 3.57. The molecule has 1 aromatic rings. The van der Waals surface area contributed by atoms with Gasteiger partial charge in [-0.25, -0.2) is 0 Å². The van der Waals surface area contributed by atoms with E-state index >= 15 is 0 Å². The zero-order valence-corrected chi connectivity index (χ0v) is 14.2. The number of hydrogen-bond acceptors (Lipinski definition) is 3. The molecule has 4 heteroatoms. The first-order valence-electron chi connectivity index (χ1n) is 7.36. The first-order chi connectivity index (χ1) is 9.56. The molecule has 1 aliphatic carbocycles. The lowest BCUT2D eigenvalue weighted by Crippen LogP contribution is -2.40. The van der Waals surface area contributed by atoms with Crippen LogP contribution < -0.4 is 10.5 Å². The molecular formula is C16H25BrN2O. The van der Waals surface area contributed by atoms with Gasteiger partial charge >= 0.3 is 0 Å². The van der Waals surface area contributed by atoms with Gasteiger partial charge in [0.15, 0.2) is 0 Å². The van der Waals surface area contributed by atoms with E-state index in [2.05, 4.69) is 46.8 Å². The van der Waals surface area contributed by atoms with Crippen molar-refractivity contribution in [3.63, 3.8) is 0 Å². The highest BCUT2D eigenvalue weighted by Gasteiger charge is 2.30. The number of halogens is 1. The Morgan fingerprint density at radius 3 is 2.55 bits per heavy atom. The predicted octanol–water partition coefficient (Wildman–Crippen LogP) is 3.58. The summed E-state index contributed by atoms with van der Waals surface area (Å²) in [6.07, 6.45) is 2.74. The van der Waals surface area contributed by atoms with E-state index in [0.29, 0.717) is 12.6 Å². The van der Waals surface area contributed by atoms with Gasteiger partial charge in [0, 0.05) is 25.2 Å². The van der Waals surface area contributed by atoms with Crippen LogP contribution in [0, 0.1) is 5.92 Å². The Hall–Kier alpha value is -0.580. The molecule has 112 valence electrons. The van der Waals surface area contributed by atoms with Crippen molar-refractivity contribution in [2.45, 2.75) is 38.8 Å². The summed E-state index contributed by atoms with van der Waals surface area (Å²) < 4.78 is 6.30. The van der Waals surface area contributed by atoms with Gasteiger partial charge in [0.25, 0.3) is 0 Å². The highest BCUT2D eigenvalue weighted by atomic mass is 79.9. The van der Waals surface area contributed by atoms with Gasteiger partial charge in [-0.2, -0.15) is 0 Å². The molecule has 1 fully saturated rings. The number of rotatable bonds is 7. The van der Waals surface area contributed by atoms with Crippen LogP contribution in [0.5, 0.6) is 5.75 Å². The molecule has 1 aliphatic rings. The molecule has 1 saturated carbocycles. The molecule has 0 saturated heterocycles. The molecule has 0 radical (unpaired) electrons. The first kappa shape index (κ1) is 15.8. The molecule has 1 aromatic carbocycles. The maximum atomic E-state index is 6.07. The Morgan fingerprint density at radius 1 is 1.40 bits per heavy atom. The largest absolute Gasteiger partial charge is 0.496 e. The Bertz CT molecular complexity index is 446. The van der Waals surface area contributed by atoms with E-state index < -0.39 is 0 Å². The highest BCUT2D eigenvalue weighted by molar-refractivity contribution is 9.10. The second-order valence-corrected chi connectivity index (χ2v) is 6.73. The van der Waals surface area contributed by atoms with E-state index in [1.165, 1.54) is 18.4 Å². The van der Waals surface area contributed by atoms with Crippen molar-refractivity contribution in [1.82, 2.24) is 4.90 Å². The second kappa shape index (κ2) is 6.92. The number of methoxy groups -OCH3 is 1. The Kier molecular flexibility index (Phi) is 5.47. The van der Waals surface area contributed by atoms with Gasteiger partial charge in [-0.05, 0) is 66.2 Å². The summed E-state index contributed by atoms with van der Waals surface area (Å²) in [6.45, 7) is 6.31. The second-order valence-electron chi connectivity index (χ2n) is 5.88. The Balaban J connectivity index is 2.22. The molecule has 3 nitrogen and oxygen atoms in total. The number of nitrogens with two attached hydrogens (primary N) is 1. The average Bonchev–Trinajstić information content (AvgIpc) is 3.22. The Labute approximate surface area is 130 Å². The van der Waals surface area contributed by atoms with Crippen LogP contribution in [0.4, 0.5) is 0 Å². The van der Waals surface area contributed by atoms with Crippen molar-refractivity contribution < 1.29 is 4.74 Å². The summed E-state index contributed by atoms with van der Waals surface area (Å²) in [5, 5.41) is 0. The fraction of sp³-hybridized carbons (Fsp3) is 0.625. The lowest BCUT2D eigenvalue weighted by Gasteiger charge is -2.35. The third kappa shape index (κ3) is 3.74. The van der Waals surface area contributed by atoms with Crippen LogP contribution in [-0.4, -0.2) is 31.1 Å². The molecule has 1 unspecified atom stereocenters. The van der Waals surface area contributed by atoms with Crippen LogP contribution in [0.25, 0.3) is 0 Å². The van der Waals surface area contributed by atoms with E-state index in [4.69, 9.17) is 10.5 Å². The maximum Gasteiger partial charge on any atom is 0.133 e. The fourth-order valence-electron chi connectivity index (χ4n) is 2.65. The third-order valence-corrected chi connectivity index (χ3v) is 4.63. The van der Waals surface area contributed by atoms with E-state index in [-0.39, 0.29) is 6.04 Å². The van der Waals surface area contributed by atoms with Crippen molar-refractivity contribution in [1.29, 1.82) is 0 Å². The normalized spacial score (nSPS) is 16.8. The van der Waals surface area contributed by atoms with E-state index in [0.717, 1.165) is 22.7 Å². The van der Waals surface area contributed by atoms with Crippen LogP contribution in [0.15, 0.2) is 22.7 Å². The lowest BCUT2D eigenvalue weighted by molar-refractivity contribution is 0.149. The first-order valence-corrected chi connectivity index (χ1v) is 8.15. The van der Waals surface area contributed by atoms with Crippen molar-refractivity contribution in [2.24, 2.45) is 11.7 Å². The van der Waals surface area contributed by atoms with Gasteiger partial charge in [-0.15, -0.1) is 0 Å². The van der Waals surface area contributed by atoms with Gasteiger partial charge < -0.3 is 10.5 Å². The standard InChI is InChI=1S/C16H25BrN2O/c1-11(2)19(10-12-4-5-12)15(9-18)13-6-7-16(20-3)14(17)8-13/h6-8,11-12,15H,4-5,9-10,18H2,1-3H3. The van der Waals surface area contributed by atoms with Gasteiger partial charge in [-0.3, -0.25) is 4.90 Å². The molecule has 0 bridgehead atoms. The number of hydrogen-bond donors (Lipinski definition) is 1. The maximum absolute atomic E-state index is 6.07. The minimum Gasteiger partial charge on any atom is -0.496 e. The number of ether oxygens (including phenoxy) is 1. The fourth-order valence-corrected chi connectivity index (χ4v) is 3.21. The van der Waals surface area contributed by atoms with Gasteiger partial charge in [0.05, 0.1) is 11.6 Å². The summed E-state index contributed by atoms with van der Waals surface area (Å²) in [6, 6.07) is 7.06. The molecule has 0 aromatic heterocycles. The van der Waals surface area contributed by atoms with E-state index in [9.17, 15) is 0 Å². The molecule has 0 amide bonds. The molecule has 2 rings (SSSR count). The van der Waals surface area contributed by atoms with Crippen molar-refractivity contribution in [3.05, 3.63) is 28.2 Å². The van der Waals surface area contributed by atoms with Crippen LogP contribution in [0.3, 0.4) is 0 Å². The van der Waals surface area contributed by atoms with E-state index in [1.807, 2.05) is 6.07 Å². The highest BCUT2D eigenvalue weighted by Crippen LogP contribution is 2.35. The molecular weight excluding hydrogens is 316 g/mol. The molecule has 20 heavy (non-hydrogen) atoms. The van der Waals surface area contributed by atoms with Gasteiger partial charge in [0.1, 0.15) is 5.75 Å². The topological polar surface area (TPSA) is 38.5 Å².